The molecule has 0 bridgehead atoms. The second-order valence-corrected chi connectivity index (χ2v) is 10.5. The Hall–Kier alpha value is -5.32. The third-order valence-corrected chi connectivity index (χ3v) is 6.84. The van der Waals surface area contributed by atoms with Gasteiger partial charge in [0.2, 0.25) is 5.82 Å². The molecule has 0 saturated carbocycles. The van der Waals surface area contributed by atoms with Crippen molar-refractivity contribution in [3.63, 3.8) is 0 Å². The molecule has 5 aromatic rings. The minimum absolute atomic E-state index is 0.157. The maximum Gasteiger partial charge on any atom is 0.471 e. The predicted molar refractivity (Wildman–Crippen MR) is 151 cm³/mol. The molecule has 11 nitrogen and oxygen atoms in total. The minimum atomic E-state index is -5.30. The number of benzene rings is 2. The summed E-state index contributed by atoms with van der Waals surface area (Å²) in [4.78, 5) is 39.1. The van der Waals surface area contributed by atoms with Crippen LogP contribution in [0.5, 0.6) is 0 Å². The lowest BCUT2D eigenvalue weighted by Gasteiger charge is -2.14. The van der Waals surface area contributed by atoms with Gasteiger partial charge in [0.1, 0.15) is 16.8 Å². The first-order valence-electron chi connectivity index (χ1n) is 12.9. The Balaban J connectivity index is 0.000000229. The zero-order valence-corrected chi connectivity index (χ0v) is 25.5. The van der Waals surface area contributed by atoms with Crippen molar-refractivity contribution >= 4 is 51.9 Å². The first kappa shape index (κ1) is 38.5. The summed E-state index contributed by atoms with van der Waals surface area (Å²) in [6.45, 7) is 0. The number of hydrogen-bond donors (Lipinski definition) is 3. The number of rotatable bonds is 4. The highest BCUT2D eigenvalue weighted by atomic mass is 35.5. The summed E-state index contributed by atoms with van der Waals surface area (Å²) in [6.07, 6.45) is -17.9. The SMILES string of the molecule is NC(=O)c1cnn(-c2ccc(C(F)(F)F)cc2Cl)c1NC(=O)C(F)(F)F.O=c1[nH]c(C(F)(F)F)nc2c1cnn2-c1ccc(C(F)(F)F)cc1Cl. The van der Waals surface area contributed by atoms with Crippen LogP contribution in [0, 0.1) is 0 Å². The lowest BCUT2D eigenvalue weighted by molar-refractivity contribution is -0.167. The highest BCUT2D eigenvalue weighted by Crippen LogP contribution is 2.36. The Morgan fingerprint density at radius 3 is 1.67 bits per heavy atom. The van der Waals surface area contributed by atoms with E-state index in [1.165, 1.54) is 5.32 Å². The maximum absolute atomic E-state index is 12.8. The molecular formula is C26H12Cl2F12N8O3. The molecule has 51 heavy (non-hydrogen) atoms. The van der Waals surface area contributed by atoms with Gasteiger partial charge in [-0.2, -0.15) is 62.9 Å². The molecule has 2 amide bonds. The van der Waals surface area contributed by atoms with Crippen molar-refractivity contribution < 1.29 is 62.3 Å². The highest BCUT2D eigenvalue weighted by Gasteiger charge is 2.40. The molecule has 0 atom stereocenters. The zero-order valence-electron chi connectivity index (χ0n) is 23.9. The molecule has 0 unspecified atom stereocenters. The fraction of sp³-hybridized carbons (Fsp3) is 0.154. The molecule has 0 fully saturated rings. The van der Waals surface area contributed by atoms with Crippen LogP contribution in [0.3, 0.4) is 0 Å². The fourth-order valence-corrected chi connectivity index (χ4v) is 4.47. The largest absolute Gasteiger partial charge is 0.471 e. The van der Waals surface area contributed by atoms with Crippen LogP contribution < -0.4 is 16.6 Å². The van der Waals surface area contributed by atoms with Gasteiger partial charge in [0.25, 0.3) is 11.5 Å². The van der Waals surface area contributed by atoms with E-state index in [0.717, 1.165) is 29.2 Å². The summed E-state index contributed by atoms with van der Waals surface area (Å²) in [6, 6.07) is 4.13. The van der Waals surface area contributed by atoms with Crippen molar-refractivity contribution in [1.82, 2.24) is 29.5 Å². The zero-order chi connectivity index (χ0) is 38.4. The van der Waals surface area contributed by atoms with E-state index in [1.54, 1.807) is 4.98 Å². The van der Waals surface area contributed by atoms with E-state index in [-0.39, 0.29) is 16.8 Å². The Bertz CT molecular complexity index is 2200. The quantitative estimate of drug-likeness (QED) is 0.168. The highest BCUT2D eigenvalue weighted by molar-refractivity contribution is 6.33. The van der Waals surface area contributed by atoms with E-state index in [4.69, 9.17) is 28.9 Å². The van der Waals surface area contributed by atoms with Gasteiger partial charge < -0.3 is 16.0 Å². The van der Waals surface area contributed by atoms with E-state index >= 15 is 0 Å². The van der Waals surface area contributed by atoms with Crippen LogP contribution in [0.2, 0.25) is 10.0 Å². The molecule has 0 radical (unpaired) electrons. The van der Waals surface area contributed by atoms with E-state index in [2.05, 4.69) is 15.2 Å². The number of halogens is 14. The molecule has 3 aromatic heterocycles. The Kier molecular flexibility index (Phi) is 10.1. The van der Waals surface area contributed by atoms with Crippen molar-refractivity contribution in [3.05, 3.63) is 91.7 Å². The van der Waals surface area contributed by atoms with Gasteiger partial charge in [-0.25, -0.2) is 14.3 Å². The van der Waals surface area contributed by atoms with Crippen molar-refractivity contribution in [2.45, 2.75) is 24.7 Å². The minimum Gasteiger partial charge on any atom is -0.365 e. The molecule has 0 aliphatic carbocycles. The number of nitrogens with zero attached hydrogens (tertiary/aromatic N) is 5. The standard InChI is InChI=1S/C13H7ClF6N4O2.C13H5ClF6N4O/c14-7-3-5(12(15,16)17)1-2-8(7)24-10(6(4-22-24)9(21)25)23-11(26)13(18,19)20;14-7-3-5(12(15,16)17)1-2-8(7)24-9-6(4-21-24)10(25)23-11(22-9)13(18,19)20/h1-4H,(H2,21,25)(H,23,26);1-4H,(H,22,23,25). The summed E-state index contributed by atoms with van der Waals surface area (Å²) < 4.78 is 153. The molecule has 5 rings (SSSR count). The lowest BCUT2D eigenvalue weighted by Crippen LogP contribution is -2.32. The number of carbonyl (C=O) groups excluding carboxylic acids is 2. The van der Waals surface area contributed by atoms with Gasteiger partial charge in [-0.15, -0.1) is 0 Å². The average molecular weight is 783 g/mol. The number of alkyl halides is 12. The van der Waals surface area contributed by atoms with Gasteiger partial charge in [0, 0.05) is 0 Å². The van der Waals surface area contributed by atoms with Crippen LogP contribution >= 0.6 is 23.2 Å². The summed E-state index contributed by atoms with van der Waals surface area (Å²) >= 11 is 11.5. The van der Waals surface area contributed by atoms with Crippen LogP contribution in [0.4, 0.5) is 58.5 Å². The van der Waals surface area contributed by atoms with E-state index in [0.29, 0.717) is 28.9 Å². The smallest absolute Gasteiger partial charge is 0.365 e. The molecule has 272 valence electrons. The number of aromatic amines is 1. The third kappa shape index (κ3) is 8.36. The van der Waals surface area contributed by atoms with Gasteiger partial charge >= 0.3 is 30.6 Å². The molecule has 3 heterocycles. The Morgan fingerprint density at radius 2 is 1.24 bits per heavy atom. The van der Waals surface area contributed by atoms with E-state index in [1.807, 2.05) is 0 Å². The van der Waals surface area contributed by atoms with Gasteiger partial charge in [-0.05, 0) is 36.4 Å². The maximum atomic E-state index is 12.8. The summed E-state index contributed by atoms with van der Waals surface area (Å²) in [7, 11) is 0. The van der Waals surface area contributed by atoms with E-state index in [9.17, 15) is 67.1 Å². The summed E-state index contributed by atoms with van der Waals surface area (Å²) in [5.74, 6) is -6.02. The van der Waals surface area contributed by atoms with Crippen LogP contribution in [0.15, 0.2) is 53.6 Å². The first-order chi connectivity index (χ1) is 23.3. The van der Waals surface area contributed by atoms with Gasteiger partial charge in [0.15, 0.2) is 5.65 Å². The molecule has 0 spiro atoms. The molecule has 0 saturated heterocycles. The summed E-state index contributed by atoms with van der Waals surface area (Å²) in [5.41, 5.74) is 0.195. The van der Waals surface area contributed by atoms with Gasteiger partial charge in [0.05, 0.1) is 44.9 Å². The third-order valence-electron chi connectivity index (χ3n) is 6.24. The normalized spacial score (nSPS) is 12.4. The molecule has 25 heteroatoms. The van der Waals surface area contributed by atoms with Crippen LogP contribution in [0.1, 0.15) is 27.3 Å². The van der Waals surface area contributed by atoms with E-state index < -0.39 is 86.1 Å². The molecule has 2 aromatic carbocycles. The van der Waals surface area contributed by atoms with Crippen molar-refractivity contribution in [1.29, 1.82) is 0 Å². The average Bonchev–Trinajstić information content (AvgIpc) is 3.60. The lowest BCUT2D eigenvalue weighted by atomic mass is 10.2. The van der Waals surface area contributed by atoms with Crippen molar-refractivity contribution in [2.75, 3.05) is 5.32 Å². The number of primary amides is 1. The topological polar surface area (TPSA) is 154 Å². The fourth-order valence-electron chi connectivity index (χ4n) is 3.95. The Morgan fingerprint density at radius 1 is 0.745 bits per heavy atom. The number of nitrogens with two attached hydrogens (primary N) is 1. The van der Waals surface area contributed by atoms with Crippen molar-refractivity contribution in [3.8, 4) is 11.4 Å². The Labute approximate surface area is 282 Å². The number of H-pyrrole nitrogens is 1. The molecular weight excluding hydrogens is 771 g/mol. The predicted octanol–water partition coefficient (Wildman–Crippen LogP) is 6.94. The van der Waals surface area contributed by atoms with Crippen LogP contribution in [-0.2, 0) is 23.3 Å². The number of amides is 2. The number of fused-ring (bicyclic) bond motifs is 1. The van der Waals surface area contributed by atoms with Gasteiger partial charge in [-0.3, -0.25) is 14.4 Å². The van der Waals surface area contributed by atoms with Crippen molar-refractivity contribution in [2.24, 2.45) is 5.73 Å². The number of aromatic nitrogens is 6. The second-order valence-electron chi connectivity index (χ2n) is 9.67. The summed E-state index contributed by atoms with van der Waals surface area (Å²) in [5, 5.41) is 7.44. The molecule has 0 aliphatic rings. The van der Waals surface area contributed by atoms with Crippen LogP contribution in [0.25, 0.3) is 22.4 Å². The number of nitrogens with one attached hydrogen (secondary N) is 2. The number of anilines is 1. The number of carbonyl (C=O) groups is 2. The molecule has 4 N–H and O–H groups in total. The van der Waals surface area contributed by atoms with Crippen LogP contribution in [-0.4, -0.2) is 47.5 Å². The first-order valence-corrected chi connectivity index (χ1v) is 13.6. The van der Waals surface area contributed by atoms with Gasteiger partial charge in [-0.1, -0.05) is 23.2 Å². The second kappa shape index (κ2) is 13.4. The monoisotopic (exact) mass is 782 g/mol. The number of hydrogen-bond acceptors (Lipinski definition) is 6. The molecule has 0 aliphatic heterocycles.